The van der Waals surface area contributed by atoms with Crippen LogP contribution < -0.4 is 5.73 Å². The van der Waals surface area contributed by atoms with Gasteiger partial charge in [-0.3, -0.25) is 0 Å². The summed E-state index contributed by atoms with van der Waals surface area (Å²) in [5, 5.41) is 8.25. The maximum Gasteiger partial charge on any atom is 0.490 e. The third kappa shape index (κ3) is 5.14. The number of benzene rings is 2. The van der Waals surface area contributed by atoms with Gasteiger partial charge in [-0.25, -0.2) is 4.79 Å². The van der Waals surface area contributed by atoms with E-state index in [-0.39, 0.29) is 0 Å². The molecule has 0 radical (unpaired) electrons. The summed E-state index contributed by atoms with van der Waals surface area (Å²) in [6, 6.07) is 16.0. The van der Waals surface area contributed by atoms with Crippen LogP contribution in [0.25, 0.3) is 23.1 Å². The van der Waals surface area contributed by atoms with Crippen LogP contribution in [0.1, 0.15) is 16.9 Å². The standard InChI is InChI=1S/C17H15NO.C2HF3O2/c1-12-6-9-17-14(10-12)11-15(19-17)8-7-13-4-2-3-5-16(13)18;3-2(4,5)1(6)7/h2-11H,18H2,1H3;(H,6,7)/b8-7+;. The predicted octanol–water partition coefficient (Wildman–Crippen LogP) is 5.13. The number of carboxylic acids is 1. The quantitative estimate of drug-likeness (QED) is 0.619. The maximum atomic E-state index is 10.6. The number of alkyl halides is 3. The minimum atomic E-state index is -5.08. The third-order valence-electron chi connectivity index (χ3n) is 3.36. The van der Waals surface area contributed by atoms with Gasteiger partial charge in [0, 0.05) is 11.1 Å². The van der Waals surface area contributed by atoms with Crippen molar-refractivity contribution < 1.29 is 27.5 Å². The molecule has 4 nitrogen and oxygen atoms in total. The molecule has 0 unspecified atom stereocenters. The fraction of sp³-hybridized carbons (Fsp3) is 0.105. The molecule has 0 fully saturated rings. The topological polar surface area (TPSA) is 76.5 Å². The van der Waals surface area contributed by atoms with Crippen molar-refractivity contribution >= 4 is 34.8 Å². The number of aryl methyl sites for hydroxylation is 1. The van der Waals surface area contributed by atoms with Crippen LogP contribution in [0.3, 0.4) is 0 Å². The Hall–Kier alpha value is -3.22. The Balaban J connectivity index is 0.000000298. The Morgan fingerprint density at radius 3 is 2.38 bits per heavy atom. The molecule has 0 spiro atoms. The number of fused-ring (bicyclic) bond motifs is 1. The number of furan rings is 1. The smallest absolute Gasteiger partial charge is 0.475 e. The van der Waals surface area contributed by atoms with Gasteiger partial charge < -0.3 is 15.3 Å². The minimum Gasteiger partial charge on any atom is -0.475 e. The summed E-state index contributed by atoms with van der Waals surface area (Å²) in [6.45, 7) is 2.08. The molecule has 26 heavy (non-hydrogen) atoms. The number of hydrogen-bond acceptors (Lipinski definition) is 3. The Morgan fingerprint density at radius 1 is 1.12 bits per heavy atom. The number of nitrogens with two attached hydrogens (primary N) is 1. The van der Waals surface area contributed by atoms with Gasteiger partial charge in [-0.15, -0.1) is 0 Å². The second-order valence-electron chi connectivity index (χ2n) is 5.46. The summed E-state index contributed by atoms with van der Waals surface area (Å²) in [6.07, 6.45) is -1.17. The van der Waals surface area contributed by atoms with Crippen molar-refractivity contribution in [2.75, 3.05) is 5.73 Å². The Kier molecular flexibility index (Phi) is 5.71. The average Bonchev–Trinajstić information content (AvgIpc) is 2.95. The maximum absolute atomic E-state index is 10.6. The van der Waals surface area contributed by atoms with E-state index in [2.05, 4.69) is 19.1 Å². The summed E-state index contributed by atoms with van der Waals surface area (Å²) >= 11 is 0. The number of aliphatic carboxylic acids is 1. The van der Waals surface area contributed by atoms with Gasteiger partial charge in [-0.2, -0.15) is 13.2 Å². The van der Waals surface area contributed by atoms with Crippen LogP contribution in [0.5, 0.6) is 0 Å². The zero-order valence-corrected chi connectivity index (χ0v) is 13.7. The molecule has 0 saturated carbocycles. The number of para-hydroxylation sites is 1. The van der Waals surface area contributed by atoms with Gasteiger partial charge in [0.2, 0.25) is 0 Å². The molecule has 0 amide bonds. The zero-order valence-electron chi connectivity index (χ0n) is 13.7. The van der Waals surface area contributed by atoms with Crippen LogP contribution >= 0.6 is 0 Å². The molecular weight excluding hydrogens is 347 g/mol. The Labute approximate surface area is 147 Å². The van der Waals surface area contributed by atoms with Gasteiger partial charge in [0.1, 0.15) is 11.3 Å². The van der Waals surface area contributed by atoms with Crippen LogP contribution in [0.4, 0.5) is 18.9 Å². The van der Waals surface area contributed by atoms with Gasteiger partial charge in [0.25, 0.3) is 0 Å². The van der Waals surface area contributed by atoms with E-state index in [1.807, 2.05) is 48.6 Å². The molecule has 136 valence electrons. The summed E-state index contributed by atoms with van der Waals surface area (Å²) in [7, 11) is 0. The Morgan fingerprint density at radius 2 is 1.77 bits per heavy atom. The van der Waals surface area contributed by atoms with Crippen LogP contribution in [0.2, 0.25) is 0 Å². The predicted molar refractivity (Wildman–Crippen MR) is 94.4 cm³/mol. The summed E-state index contributed by atoms with van der Waals surface area (Å²) in [5.74, 6) is -1.92. The first-order chi connectivity index (χ1) is 12.2. The van der Waals surface area contributed by atoms with Crippen molar-refractivity contribution in [3.8, 4) is 0 Å². The molecule has 0 aliphatic carbocycles. The average molecular weight is 363 g/mol. The van der Waals surface area contributed by atoms with Crippen molar-refractivity contribution in [3.63, 3.8) is 0 Å². The monoisotopic (exact) mass is 363 g/mol. The van der Waals surface area contributed by atoms with E-state index in [9.17, 15) is 13.2 Å². The Bertz CT molecular complexity index is 943. The molecule has 1 heterocycles. The van der Waals surface area contributed by atoms with Gasteiger partial charge in [0.05, 0.1) is 0 Å². The third-order valence-corrected chi connectivity index (χ3v) is 3.36. The highest BCUT2D eigenvalue weighted by atomic mass is 19.4. The largest absolute Gasteiger partial charge is 0.490 e. The highest BCUT2D eigenvalue weighted by Crippen LogP contribution is 2.23. The molecule has 0 saturated heterocycles. The summed E-state index contributed by atoms with van der Waals surface area (Å²) in [4.78, 5) is 8.90. The van der Waals surface area contributed by atoms with Gasteiger partial charge in [-0.1, -0.05) is 29.8 Å². The minimum absolute atomic E-state index is 0.769. The molecule has 1 aromatic heterocycles. The van der Waals surface area contributed by atoms with Crippen molar-refractivity contribution in [2.24, 2.45) is 0 Å². The van der Waals surface area contributed by atoms with Gasteiger partial charge >= 0.3 is 12.1 Å². The first kappa shape index (κ1) is 19.1. The van der Waals surface area contributed by atoms with Crippen molar-refractivity contribution in [1.29, 1.82) is 0 Å². The lowest BCUT2D eigenvalue weighted by Crippen LogP contribution is -2.21. The molecule has 0 atom stereocenters. The van der Waals surface area contributed by atoms with E-state index >= 15 is 0 Å². The zero-order chi connectivity index (χ0) is 19.3. The first-order valence-corrected chi connectivity index (χ1v) is 7.50. The molecule has 7 heteroatoms. The molecular formula is C19H16F3NO3. The molecule has 2 aromatic carbocycles. The number of carboxylic acid groups (broad SMARTS) is 1. The number of hydrogen-bond donors (Lipinski definition) is 2. The van der Waals surface area contributed by atoms with Crippen LogP contribution in [0.15, 0.2) is 52.9 Å². The lowest BCUT2D eigenvalue weighted by Gasteiger charge is -1.97. The lowest BCUT2D eigenvalue weighted by atomic mass is 10.1. The summed E-state index contributed by atoms with van der Waals surface area (Å²) < 4.78 is 37.5. The lowest BCUT2D eigenvalue weighted by molar-refractivity contribution is -0.192. The van der Waals surface area contributed by atoms with Gasteiger partial charge in [0.15, 0.2) is 0 Å². The summed E-state index contributed by atoms with van der Waals surface area (Å²) in [5.41, 5.74) is 9.81. The van der Waals surface area contributed by atoms with Crippen LogP contribution in [-0.2, 0) is 4.79 Å². The number of carbonyl (C=O) groups is 1. The molecule has 0 aliphatic heterocycles. The molecule has 0 bridgehead atoms. The second-order valence-corrected chi connectivity index (χ2v) is 5.46. The van der Waals surface area contributed by atoms with Crippen molar-refractivity contribution in [3.05, 3.63) is 65.4 Å². The van der Waals surface area contributed by atoms with Crippen molar-refractivity contribution in [1.82, 2.24) is 0 Å². The highest BCUT2D eigenvalue weighted by Gasteiger charge is 2.38. The first-order valence-electron chi connectivity index (χ1n) is 7.50. The molecule has 0 aliphatic rings. The molecule has 3 N–H and O–H groups in total. The SMILES string of the molecule is Cc1ccc2oc(/C=C/c3ccccc3N)cc2c1.O=C(O)C(F)(F)F. The highest BCUT2D eigenvalue weighted by molar-refractivity contribution is 5.83. The van der Waals surface area contributed by atoms with Crippen LogP contribution in [-0.4, -0.2) is 17.3 Å². The van der Waals surface area contributed by atoms with E-state index in [0.29, 0.717) is 0 Å². The van der Waals surface area contributed by atoms with E-state index in [0.717, 1.165) is 28.0 Å². The number of anilines is 1. The molecule has 3 aromatic rings. The van der Waals surface area contributed by atoms with E-state index in [4.69, 9.17) is 20.1 Å². The van der Waals surface area contributed by atoms with Gasteiger partial charge in [-0.05, 0) is 48.9 Å². The fourth-order valence-electron chi connectivity index (χ4n) is 2.10. The van der Waals surface area contributed by atoms with E-state index in [1.165, 1.54) is 5.56 Å². The number of halogens is 3. The van der Waals surface area contributed by atoms with E-state index in [1.54, 1.807) is 0 Å². The normalized spacial score (nSPS) is 11.4. The second kappa shape index (κ2) is 7.77. The fourth-order valence-corrected chi connectivity index (χ4v) is 2.10. The van der Waals surface area contributed by atoms with E-state index < -0.39 is 12.1 Å². The van der Waals surface area contributed by atoms with Crippen molar-refractivity contribution in [2.45, 2.75) is 13.1 Å². The van der Waals surface area contributed by atoms with Crippen LogP contribution in [0, 0.1) is 6.92 Å². The molecule has 3 rings (SSSR count). The number of nitrogen functional groups attached to an aromatic ring is 1. The number of rotatable bonds is 2.